The molecule has 0 aliphatic carbocycles. The van der Waals surface area contributed by atoms with Crippen molar-refractivity contribution in [2.24, 2.45) is 0 Å². The molecule has 0 rings (SSSR count). The smallest absolute Gasteiger partial charge is 0.408 e. The van der Waals surface area contributed by atoms with E-state index in [2.05, 4.69) is 10.1 Å². The number of ketones is 1. The molecule has 0 spiro atoms. The second kappa shape index (κ2) is 9.15. The van der Waals surface area contributed by atoms with Crippen molar-refractivity contribution in [1.82, 2.24) is 5.32 Å². The van der Waals surface area contributed by atoms with E-state index < -0.39 is 23.7 Å². The summed E-state index contributed by atoms with van der Waals surface area (Å²) in [6.45, 7) is 6.98. The number of amides is 1. The number of alkyl carbamates (subject to hydrolysis) is 1. The number of hydrogen-bond acceptors (Lipinski definition) is 5. The number of methoxy groups -OCH3 is 1. The fourth-order valence-electron chi connectivity index (χ4n) is 1.44. The molecule has 0 saturated carbocycles. The molecule has 0 aromatic carbocycles. The minimum atomic E-state index is -0.800. The summed E-state index contributed by atoms with van der Waals surface area (Å²) < 4.78 is 9.74. The van der Waals surface area contributed by atoms with E-state index in [0.29, 0.717) is 19.3 Å². The molecular weight excluding hydrogens is 274 g/mol. The van der Waals surface area contributed by atoms with Crippen LogP contribution >= 0.6 is 0 Å². The summed E-state index contributed by atoms with van der Waals surface area (Å²) in [5, 5.41) is 2.47. The van der Waals surface area contributed by atoms with Crippen LogP contribution in [0.2, 0.25) is 0 Å². The van der Waals surface area contributed by atoms with Crippen molar-refractivity contribution in [2.75, 3.05) is 7.11 Å². The molecule has 1 N–H and O–H groups in total. The van der Waals surface area contributed by atoms with E-state index in [1.54, 1.807) is 33.8 Å². The van der Waals surface area contributed by atoms with Gasteiger partial charge in [-0.05, 0) is 39.7 Å². The Hall–Kier alpha value is -1.85. The minimum absolute atomic E-state index is 0.0183. The Bertz CT molecular complexity index is 395. The number of allylic oxidation sites excluding steroid dienone is 2. The highest BCUT2D eigenvalue weighted by atomic mass is 16.6. The number of hydrogen-bond donors (Lipinski definition) is 1. The van der Waals surface area contributed by atoms with Crippen molar-refractivity contribution in [3.63, 3.8) is 0 Å². The zero-order valence-electron chi connectivity index (χ0n) is 13.4. The Kier molecular flexibility index (Phi) is 8.35. The van der Waals surface area contributed by atoms with Gasteiger partial charge in [0.05, 0.1) is 7.11 Å². The summed E-state index contributed by atoms with van der Waals surface area (Å²) >= 11 is 0. The van der Waals surface area contributed by atoms with Gasteiger partial charge in [-0.2, -0.15) is 0 Å². The van der Waals surface area contributed by atoms with Crippen LogP contribution in [0.15, 0.2) is 12.2 Å². The summed E-state index contributed by atoms with van der Waals surface area (Å²) in [6, 6.07) is -0.800. The number of carbonyl (C=O) groups excluding carboxylic acids is 3. The van der Waals surface area contributed by atoms with Crippen LogP contribution in [0.3, 0.4) is 0 Å². The van der Waals surface area contributed by atoms with Crippen LogP contribution in [0.1, 0.15) is 47.0 Å². The monoisotopic (exact) mass is 299 g/mol. The lowest BCUT2D eigenvalue weighted by molar-refractivity contribution is -0.143. The van der Waals surface area contributed by atoms with Gasteiger partial charge in [0, 0.05) is 6.42 Å². The average molecular weight is 299 g/mol. The van der Waals surface area contributed by atoms with E-state index in [-0.39, 0.29) is 5.78 Å². The van der Waals surface area contributed by atoms with E-state index in [1.807, 2.05) is 0 Å². The molecule has 0 heterocycles. The van der Waals surface area contributed by atoms with Crippen molar-refractivity contribution >= 4 is 17.8 Å². The van der Waals surface area contributed by atoms with Gasteiger partial charge < -0.3 is 14.8 Å². The fourth-order valence-corrected chi connectivity index (χ4v) is 1.44. The van der Waals surface area contributed by atoms with E-state index in [9.17, 15) is 14.4 Å². The van der Waals surface area contributed by atoms with Gasteiger partial charge in [-0.1, -0.05) is 13.0 Å². The Labute approximate surface area is 125 Å². The van der Waals surface area contributed by atoms with Crippen LogP contribution in [0.5, 0.6) is 0 Å². The van der Waals surface area contributed by atoms with Crippen molar-refractivity contribution in [3.05, 3.63) is 12.2 Å². The first kappa shape index (κ1) is 19.1. The zero-order valence-corrected chi connectivity index (χ0v) is 13.4. The van der Waals surface area contributed by atoms with Crippen molar-refractivity contribution in [3.8, 4) is 0 Å². The van der Waals surface area contributed by atoms with Crippen LogP contribution < -0.4 is 5.32 Å². The molecule has 0 unspecified atom stereocenters. The van der Waals surface area contributed by atoms with Gasteiger partial charge in [0.1, 0.15) is 11.6 Å². The first-order chi connectivity index (χ1) is 9.69. The molecule has 0 aliphatic heterocycles. The maximum absolute atomic E-state index is 11.7. The molecule has 0 aromatic heterocycles. The molecule has 1 atom stereocenters. The lowest BCUT2D eigenvalue weighted by atomic mass is 10.1. The average Bonchev–Trinajstić information content (AvgIpc) is 2.38. The maximum atomic E-state index is 11.7. The van der Waals surface area contributed by atoms with Crippen LogP contribution in [0, 0.1) is 0 Å². The topological polar surface area (TPSA) is 81.7 Å². The summed E-state index contributed by atoms with van der Waals surface area (Å²) in [5.74, 6) is -0.527. The van der Waals surface area contributed by atoms with E-state index >= 15 is 0 Å². The molecule has 6 nitrogen and oxygen atoms in total. The van der Waals surface area contributed by atoms with Crippen LogP contribution in [0.25, 0.3) is 0 Å². The van der Waals surface area contributed by atoms with Gasteiger partial charge >= 0.3 is 12.1 Å². The summed E-state index contributed by atoms with van der Waals surface area (Å²) in [4.78, 5) is 34.4. The van der Waals surface area contributed by atoms with Gasteiger partial charge in [-0.3, -0.25) is 4.79 Å². The van der Waals surface area contributed by atoms with E-state index in [0.717, 1.165) is 0 Å². The molecule has 0 aliphatic rings. The first-order valence-electron chi connectivity index (χ1n) is 6.96. The summed E-state index contributed by atoms with van der Waals surface area (Å²) in [5.41, 5.74) is -0.641. The molecule has 120 valence electrons. The second-order valence-corrected chi connectivity index (χ2v) is 5.52. The quantitative estimate of drug-likeness (QED) is 0.576. The third kappa shape index (κ3) is 9.65. The maximum Gasteiger partial charge on any atom is 0.408 e. The molecule has 0 radical (unpaired) electrons. The number of esters is 1. The number of nitrogens with one attached hydrogen (secondary N) is 1. The third-order valence-electron chi connectivity index (χ3n) is 2.45. The molecule has 0 aromatic rings. The zero-order chi connectivity index (χ0) is 16.5. The van der Waals surface area contributed by atoms with E-state index in [1.165, 1.54) is 13.2 Å². The third-order valence-corrected chi connectivity index (χ3v) is 2.45. The van der Waals surface area contributed by atoms with Crippen molar-refractivity contribution in [1.29, 1.82) is 0 Å². The summed E-state index contributed by atoms with van der Waals surface area (Å²) in [7, 11) is 1.25. The lowest BCUT2D eigenvalue weighted by Gasteiger charge is -2.22. The largest absolute Gasteiger partial charge is 0.467 e. The highest BCUT2D eigenvalue weighted by molar-refractivity contribution is 5.89. The Morgan fingerprint density at radius 2 is 1.86 bits per heavy atom. The molecule has 1 amide bonds. The van der Waals surface area contributed by atoms with Crippen LogP contribution in [0.4, 0.5) is 4.79 Å². The number of rotatable bonds is 7. The molecule has 6 heteroatoms. The van der Waals surface area contributed by atoms with Crippen LogP contribution in [-0.4, -0.2) is 36.6 Å². The Morgan fingerprint density at radius 3 is 2.33 bits per heavy atom. The van der Waals surface area contributed by atoms with E-state index in [4.69, 9.17) is 4.74 Å². The fraction of sp³-hybridized carbons (Fsp3) is 0.667. The molecular formula is C15H25NO5. The predicted octanol–water partition coefficient (Wildman–Crippen LogP) is 2.37. The Balaban J connectivity index is 4.47. The number of ether oxygens (including phenoxy) is 2. The predicted molar refractivity (Wildman–Crippen MR) is 78.8 cm³/mol. The first-order valence-corrected chi connectivity index (χ1v) is 6.96. The van der Waals surface area contributed by atoms with Gasteiger partial charge in [-0.15, -0.1) is 0 Å². The van der Waals surface area contributed by atoms with Gasteiger partial charge in [-0.25, -0.2) is 9.59 Å². The molecule has 0 fully saturated rings. The van der Waals surface area contributed by atoms with Gasteiger partial charge in [0.25, 0.3) is 0 Å². The van der Waals surface area contributed by atoms with Gasteiger partial charge in [0.2, 0.25) is 0 Å². The number of carbonyl (C=O) groups is 3. The Morgan fingerprint density at radius 1 is 1.24 bits per heavy atom. The van der Waals surface area contributed by atoms with Crippen LogP contribution in [-0.2, 0) is 19.1 Å². The summed E-state index contributed by atoms with van der Waals surface area (Å²) in [6.07, 6.45) is 3.72. The van der Waals surface area contributed by atoms with Crippen molar-refractivity contribution < 1.29 is 23.9 Å². The lowest BCUT2D eigenvalue weighted by Crippen LogP contribution is -2.43. The highest BCUT2D eigenvalue weighted by Gasteiger charge is 2.24. The second-order valence-electron chi connectivity index (χ2n) is 5.52. The molecule has 0 bridgehead atoms. The molecule has 0 saturated heterocycles. The standard InChI is InChI=1S/C15H25NO5/c1-6-11(17)9-7-8-10-12(13(18)20-5)16-14(19)21-15(2,3)4/h7,9,12H,6,8,10H2,1-5H3,(H,16,19)/b9-7+/t12-/m0/s1. The normalized spacial score (nSPS) is 12.8. The SMILES string of the molecule is CCC(=O)/C=C/CC[C@H](NC(=O)OC(C)(C)C)C(=O)OC. The minimum Gasteiger partial charge on any atom is -0.467 e. The molecule has 21 heavy (non-hydrogen) atoms. The van der Waals surface area contributed by atoms with Crippen molar-refractivity contribution in [2.45, 2.75) is 58.6 Å². The highest BCUT2D eigenvalue weighted by Crippen LogP contribution is 2.08. The van der Waals surface area contributed by atoms with Gasteiger partial charge in [0.15, 0.2) is 5.78 Å².